The molecule has 0 aliphatic heterocycles. The fourth-order valence-corrected chi connectivity index (χ4v) is 2.81. The molecule has 2 N–H and O–H groups in total. The van der Waals surface area contributed by atoms with Crippen LogP contribution in [0.1, 0.15) is 41.9 Å². The van der Waals surface area contributed by atoms with Crippen molar-refractivity contribution >= 4 is 17.5 Å². The van der Waals surface area contributed by atoms with Crippen molar-refractivity contribution in [2.45, 2.75) is 38.6 Å². The molecule has 132 valence electrons. The molecular formula is C17H17F3N4O. The van der Waals surface area contributed by atoms with E-state index >= 15 is 0 Å². The Bertz CT molecular complexity index is 807. The number of hydrogen-bond donors (Lipinski definition) is 2. The Labute approximate surface area is 142 Å². The van der Waals surface area contributed by atoms with E-state index in [1.54, 1.807) is 6.92 Å². The number of carbonyl (C=O) groups excluding carboxylic acids is 1. The zero-order chi connectivity index (χ0) is 18.0. The molecule has 25 heavy (non-hydrogen) atoms. The van der Waals surface area contributed by atoms with Crippen LogP contribution >= 0.6 is 0 Å². The molecule has 0 saturated heterocycles. The van der Waals surface area contributed by atoms with Crippen molar-refractivity contribution < 1.29 is 18.0 Å². The number of aryl methyl sites for hydroxylation is 1. The Morgan fingerprint density at radius 3 is 2.56 bits per heavy atom. The molecule has 3 rings (SSSR count). The van der Waals surface area contributed by atoms with Crippen LogP contribution in [0.15, 0.2) is 18.2 Å². The molecule has 8 heteroatoms. The average Bonchev–Trinajstić information content (AvgIpc) is 3.07. The third-order valence-corrected chi connectivity index (χ3v) is 4.06. The monoisotopic (exact) mass is 350 g/mol. The number of nitrogens with one attached hydrogen (secondary N) is 2. The summed E-state index contributed by atoms with van der Waals surface area (Å²) < 4.78 is 39.9. The maximum Gasteiger partial charge on any atom is 0.274 e. The van der Waals surface area contributed by atoms with Crippen molar-refractivity contribution in [3.63, 3.8) is 0 Å². The van der Waals surface area contributed by atoms with E-state index in [1.807, 2.05) is 0 Å². The van der Waals surface area contributed by atoms with Gasteiger partial charge in [0.15, 0.2) is 17.5 Å². The molecule has 1 aliphatic carbocycles. The molecule has 1 heterocycles. The third-order valence-electron chi connectivity index (χ3n) is 4.06. The minimum absolute atomic E-state index is 0.0112. The van der Waals surface area contributed by atoms with Gasteiger partial charge in [0.2, 0.25) is 5.95 Å². The summed E-state index contributed by atoms with van der Waals surface area (Å²) in [4.78, 5) is 20.7. The first-order valence-electron chi connectivity index (χ1n) is 8.01. The van der Waals surface area contributed by atoms with E-state index in [1.165, 1.54) is 6.07 Å². The molecule has 1 aromatic carbocycles. The van der Waals surface area contributed by atoms with Crippen molar-refractivity contribution in [3.8, 4) is 0 Å². The third kappa shape index (κ3) is 3.89. The minimum Gasteiger partial charge on any atom is -0.351 e. The van der Waals surface area contributed by atoms with Crippen LogP contribution in [0, 0.1) is 24.4 Å². The van der Waals surface area contributed by atoms with E-state index in [0.717, 1.165) is 37.8 Å². The number of anilines is 2. The van der Waals surface area contributed by atoms with Crippen LogP contribution in [0.25, 0.3) is 0 Å². The second-order valence-electron chi connectivity index (χ2n) is 6.02. The van der Waals surface area contributed by atoms with Gasteiger partial charge in [-0.2, -0.15) is 0 Å². The summed E-state index contributed by atoms with van der Waals surface area (Å²) in [6, 6.07) is 3.40. The van der Waals surface area contributed by atoms with Crippen LogP contribution in [-0.2, 0) is 0 Å². The van der Waals surface area contributed by atoms with Gasteiger partial charge in [0.05, 0.1) is 5.69 Å². The molecule has 0 unspecified atom stereocenters. The largest absolute Gasteiger partial charge is 0.351 e. The number of amides is 1. The van der Waals surface area contributed by atoms with Gasteiger partial charge in [-0.25, -0.2) is 23.1 Å². The lowest BCUT2D eigenvalue weighted by atomic mass is 10.2. The molecule has 0 radical (unpaired) electrons. The second kappa shape index (κ2) is 7.08. The normalized spacial score (nSPS) is 14.6. The van der Waals surface area contributed by atoms with Gasteiger partial charge in [-0.15, -0.1) is 0 Å². The summed E-state index contributed by atoms with van der Waals surface area (Å²) in [6.07, 6.45) is 4.29. The number of aromatic nitrogens is 2. The van der Waals surface area contributed by atoms with Crippen molar-refractivity contribution in [2.24, 2.45) is 0 Å². The Hall–Kier alpha value is -2.64. The van der Waals surface area contributed by atoms with Gasteiger partial charge in [0.1, 0.15) is 5.69 Å². The molecule has 2 aromatic rings. The summed E-state index contributed by atoms with van der Waals surface area (Å²) in [5, 5.41) is 5.39. The Morgan fingerprint density at radius 1 is 1.12 bits per heavy atom. The highest BCUT2D eigenvalue weighted by Crippen LogP contribution is 2.22. The van der Waals surface area contributed by atoms with Gasteiger partial charge in [-0.05, 0) is 38.0 Å². The van der Waals surface area contributed by atoms with Gasteiger partial charge >= 0.3 is 0 Å². The maximum atomic E-state index is 13.7. The van der Waals surface area contributed by atoms with E-state index in [9.17, 15) is 18.0 Å². The zero-order valence-electron chi connectivity index (χ0n) is 13.6. The fourth-order valence-electron chi connectivity index (χ4n) is 2.81. The van der Waals surface area contributed by atoms with Gasteiger partial charge in [0, 0.05) is 11.7 Å². The standard InChI is InChI=1S/C17H17F3N4O/c1-9-8-13(24-17(21-9)22-10-4-2-3-5-10)16(25)23-12-7-6-11(18)14(19)15(12)20/h6-8,10H,2-5H2,1H3,(H,23,25)(H,21,22,24). The highest BCUT2D eigenvalue weighted by Gasteiger charge is 2.19. The number of hydrogen-bond acceptors (Lipinski definition) is 4. The Kier molecular flexibility index (Phi) is 4.87. The summed E-state index contributed by atoms with van der Waals surface area (Å²) in [6.45, 7) is 1.70. The molecule has 0 bridgehead atoms. The number of carbonyl (C=O) groups is 1. The predicted octanol–water partition coefficient (Wildman–Crippen LogP) is 3.81. The minimum atomic E-state index is -1.64. The molecule has 1 aromatic heterocycles. The van der Waals surface area contributed by atoms with E-state index < -0.39 is 29.0 Å². The van der Waals surface area contributed by atoms with Crippen molar-refractivity contribution in [1.29, 1.82) is 0 Å². The first-order chi connectivity index (χ1) is 11.9. The summed E-state index contributed by atoms with van der Waals surface area (Å²) in [5.41, 5.74) is 0.119. The van der Waals surface area contributed by atoms with Crippen molar-refractivity contribution in [1.82, 2.24) is 9.97 Å². The van der Waals surface area contributed by atoms with Crippen LogP contribution in [0.4, 0.5) is 24.8 Å². The van der Waals surface area contributed by atoms with E-state index in [0.29, 0.717) is 11.6 Å². The molecular weight excluding hydrogens is 333 g/mol. The molecule has 1 saturated carbocycles. The van der Waals surface area contributed by atoms with Crippen molar-refractivity contribution in [3.05, 3.63) is 47.0 Å². The highest BCUT2D eigenvalue weighted by atomic mass is 19.2. The first-order valence-corrected chi connectivity index (χ1v) is 8.01. The summed E-state index contributed by atoms with van der Waals surface area (Å²) in [5.74, 6) is -4.83. The Balaban J connectivity index is 1.79. The van der Waals surface area contributed by atoms with E-state index in [2.05, 4.69) is 20.6 Å². The smallest absolute Gasteiger partial charge is 0.274 e. The molecule has 1 aliphatic rings. The SMILES string of the molecule is Cc1cc(C(=O)Nc2ccc(F)c(F)c2F)nc(NC2CCCC2)n1. The van der Waals surface area contributed by atoms with Crippen molar-refractivity contribution in [2.75, 3.05) is 10.6 Å². The predicted molar refractivity (Wildman–Crippen MR) is 86.9 cm³/mol. The van der Waals surface area contributed by atoms with Crippen LogP contribution in [-0.4, -0.2) is 21.9 Å². The highest BCUT2D eigenvalue weighted by molar-refractivity contribution is 6.03. The fraction of sp³-hybridized carbons (Fsp3) is 0.353. The number of benzene rings is 1. The quantitative estimate of drug-likeness (QED) is 0.823. The second-order valence-corrected chi connectivity index (χ2v) is 6.02. The average molecular weight is 350 g/mol. The molecule has 1 amide bonds. The van der Waals surface area contributed by atoms with E-state index in [4.69, 9.17) is 0 Å². The lowest BCUT2D eigenvalue weighted by Gasteiger charge is -2.13. The first kappa shape index (κ1) is 17.2. The lowest BCUT2D eigenvalue weighted by Crippen LogP contribution is -2.20. The van der Waals surface area contributed by atoms with Crippen LogP contribution < -0.4 is 10.6 Å². The van der Waals surface area contributed by atoms with E-state index in [-0.39, 0.29) is 11.7 Å². The van der Waals surface area contributed by atoms with Gasteiger partial charge in [-0.1, -0.05) is 12.8 Å². The molecule has 0 atom stereocenters. The van der Waals surface area contributed by atoms with Crippen LogP contribution in [0.3, 0.4) is 0 Å². The van der Waals surface area contributed by atoms with Gasteiger partial charge in [0.25, 0.3) is 5.91 Å². The number of rotatable bonds is 4. The molecule has 0 spiro atoms. The summed E-state index contributed by atoms with van der Waals surface area (Å²) >= 11 is 0. The lowest BCUT2D eigenvalue weighted by molar-refractivity contribution is 0.102. The van der Waals surface area contributed by atoms with Crippen LogP contribution in [0.2, 0.25) is 0 Å². The topological polar surface area (TPSA) is 66.9 Å². The maximum absolute atomic E-state index is 13.7. The zero-order valence-corrected chi connectivity index (χ0v) is 13.6. The summed E-state index contributed by atoms with van der Waals surface area (Å²) in [7, 11) is 0. The number of nitrogens with zero attached hydrogens (tertiary/aromatic N) is 2. The molecule has 1 fully saturated rings. The number of halogens is 3. The Morgan fingerprint density at radius 2 is 1.84 bits per heavy atom. The molecule has 5 nitrogen and oxygen atoms in total. The van der Waals surface area contributed by atoms with Gasteiger partial charge < -0.3 is 10.6 Å². The van der Waals surface area contributed by atoms with Crippen LogP contribution in [0.5, 0.6) is 0 Å². The van der Waals surface area contributed by atoms with Gasteiger partial charge in [-0.3, -0.25) is 4.79 Å².